The maximum atomic E-state index is 15.0. The molecule has 30 heavy (non-hydrogen) atoms. The summed E-state index contributed by atoms with van der Waals surface area (Å²) in [7, 11) is 0. The van der Waals surface area contributed by atoms with E-state index in [1.807, 2.05) is 24.3 Å². The zero-order valence-corrected chi connectivity index (χ0v) is 16.0. The van der Waals surface area contributed by atoms with E-state index in [9.17, 15) is 13.6 Å². The molecule has 7 heteroatoms. The molecule has 0 unspecified atom stereocenters. The molecular formula is C23H18F2N4O. The minimum absolute atomic E-state index is 0.147. The smallest absolute Gasteiger partial charge is 0.270 e. The molecule has 0 radical (unpaired) electrons. The Labute approximate surface area is 171 Å². The molecule has 3 heterocycles. The van der Waals surface area contributed by atoms with Crippen molar-refractivity contribution in [1.82, 2.24) is 14.5 Å². The van der Waals surface area contributed by atoms with Crippen LogP contribution in [0.15, 0.2) is 59.8 Å². The first-order valence-electron chi connectivity index (χ1n) is 9.75. The Hall–Kier alpha value is -3.61. The Bertz CT molecular complexity index is 1310. The summed E-state index contributed by atoms with van der Waals surface area (Å²) in [5, 5.41) is 5.03. The van der Waals surface area contributed by atoms with Crippen molar-refractivity contribution in [3.63, 3.8) is 0 Å². The van der Waals surface area contributed by atoms with E-state index in [1.165, 1.54) is 22.9 Å². The Morgan fingerprint density at radius 2 is 1.83 bits per heavy atom. The van der Waals surface area contributed by atoms with E-state index in [4.69, 9.17) is 0 Å². The number of nitrogens with one attached hydrogen (secondary N) is 1. The molecule has 4 aromatic rings. The number of pyridine rings is 1. The Morgan fingerprint density at radius 3 is 2.67 bits per heavy atom. The molecule has 0 aliphatic carbocycles. The molecule has 0 saturated heterocycles. The molecule has 0 atom stereocenters. The van der Waals surface area contributed by atoms with E-state index in [0.29, 0.717) is 23.5 Å². The van der Waals surface area contributed by atoms with Gasteiger partial charge in [-0.2, -0.15) is 0 Å². The van der Waals surface area contributed by atoms with Gasteiger partial charge in [0.05, 0.1) is 18.4 Å². The molecule has 2 aromatic carbocycles. The van der Waals surface area contributed by atoms with Gasteiger partial charge in [0.15, 0.2) is 0 Å². The number of nitrogens with zero attached hydrogens (tertiary/aromatic N) is 3. The summed E-state index contributed by atoms with van der Waals surface area (Å²) >= 11 is 0. The van der Waals surface area contributed by atoms with Gasteiger partial charge in [-0.15, -0.1) is 0 Å². The highest BCUT2D eigenvalue weighted by Gasteiger charge is 2.19. The highest BCUT2D eigenvalue weighted by molar-refractivity contribution is 5.86. The van der Waals surface area contributed by atoms with Crippen molar-refractivity contribution in [2.24, 2.45) is 0 Å². The second-order valence-corrected chi connectivity index (χ2v) is 7.36. The summed E-state index contributed by atoms with van der Waals surface area (Å²) in [6, 6.07) is 10.0. The van der Waals surface area contributed by atoms with Gasteiger partial charge in [0.2, 0.25) is 0 Å². The van der Waals surface area contributed by atoms with E-state index >= 15 is 0 Å². The lowest BCUT2D eigenvalue weighted by Gasteiger charge is -2.21. The van der Waals surface area contributed by atoms with Gasteiger partial charge in [-0.05, 0) is 53.6 Å². The number of benzene rings is 2. The molecule has 0 spiro atoms. The second kappa shape index (κ2) is 7.33. The number of hydrogen-bond acceptors (Lipinski definition) is 4. The van der Waals surface area contributed by atoms with Crippen LogP contribution in [0.1, 0.15) is 17.7 Å². The number of fused-ring (bicyclic) bond motifs is 2. The van der Waals surface area contributed by atoms with Gasteiger partial charge in [0.25, 0.3) is 5.56 Å². The highest BCUT2D eigenvalue weighted by Crippen LogP contribution is 2.28. The van der Waals surface area contributed by atoms with Crippen molar-refractivity contribution in [2.45, 2.75) is 19.4 Å². The van der Waals surface area contributed by atoms with Crippen LogP contribution in [0.4, 0.5) is 14.6 Å². The number of halogens is 2. The SMILES string of the molecule is O=c1cnc2c(n1Cc1c(F)cc(-c3ccc4cnccc4c3)cc1F)NCCC2. The van der Waals surface area contributed by atoms with Crippen molar-refractivity contribution >= 4 is 16.6 Å². The number of aromatic nitrogens is 3. The van der Waals surface area contributed by atoms with Crippen LogP contribution in [0.25, 0.3) is 21.9 Å². The molecule has 2 aromatic heterocycles. The molecule has 5 nitrogen and oxygen atoms in total. The van der Waals surface area contributed by atoms with E-state index in [0.717, 1.165) is 29.3 Å². The summed E-state index contributed by atoms with van der Waals surface area (Å²) in [6.07, 6.45) is 6.25. The fraction of sp³-hybridized carbons (Fsp3) is 0.174. The lowest BCUT2D eigenvalue weighted by molar-refractivity contribution is 0.541. The average Bonchev–Trinajstić information content (AvgIpc) is 2.77. The van der Waals surface area contributed by atoms with Crippen molar-refractivity contribution < 1.29 is 8.78 Å². The topological polar surface area (TPSA) is 59.8 Å². The lowest BCUT2D eigenvalue weighted by Crippen LogP contribution is -2.29. The van der Waals surface area contributed by atoms with Gasteiger partial charge in [-0.1, -0.05) is 12.1 Å². The van der Waals surface area contributed by atoms with E-state index < -0.39 is 17.2 Å². The third kappa shape index (κ3) is 3.22. The van der Waals surface area contributed by atoms with Gasteiger partial charge in [0, 0.05) is 29.9 Å². The Morgan fingerprint density at radius 1 is 1.00 bits per heavy atom. The first-order chi connectivity index (χ1) is 14.6. The zero-order valence-electron chi connectivity index (χ0n) is 16.0. The average molecular weight is 404 g/mol. The molecule has 0 amide bonds. The molecule has 150 valence electrons. The Balaban J connectivity index is 1.55. The molecule has 0 bridgehead atoms. The maximum Gasteiger partial charge on any atom is 0.270 e. The zero-order chi connectivity index (χ0) is 20.7. The minimum atomic E-state index is -0.687. The fourth-order valence-electron chi connectivity index (χ4n) is 3.87. The number of anilines is 1. The summed E-state index contributed by atoms with van der Waals surface area (Å²) in [5.41, 5.74) is 1.34. The maximum absolute atomic E-state index is 15.0. The minimum Gasteiger partial charge on any atom is -0.370 e. The number of rotatable bonds is 3. The van der Waals surface area contributed by atoms with Crippen molar-refractivity contribution in [2.75, 3.05) is 11.9 Å². The van der Waals surface area contributed by atoms with Gasteiger partial charge in [0.1, 0.15) is 17.5 Å². The van der Waals surface area contributed by atoms with E-state index in [1.54, 1.807) is 12.4 Å². The first-order valence-corrected chi connectivity index (χ1v) is 9.75. The summed E-state index contributed by atoms with van der Waals surface area (Å²) in [4.78, 5) is 20.6. The summed E-state index contributed by atoms with van der Waals surface area (Å²) in [5.74, 6) is -0.832. The fourth-order valence-corrected chi connectivity index (χ4v) is 3.87. The monoisotopic (exact) mass is 404 g/mol. The predicted octanol–water partition coefficient (Wildman–Crippen LogP) is 4.14. The van der Waals surface area contributed by atoms with Gasteiger partial charge in [-0.25, -0.2) is 8.78 Å². The molecular weight excluding hydrogens is 386 g/mol. The summed E-state index contributed by atoms with van der Waals surface area (Å²) in [6.45, 7) is 0.498. The quantitative estimate of drug-likeness (QED) is 0.558. The molecule has 1 aliphatic heterocycles. The van der Waals surface area contributed by atoms with Gasteiger partial charge < -0.3 is 5.32 Å². The van der Waals surface area contributed by atoms with Gasteiger partial charge in [-0.3, -0.25) is 19.3 Å². The van der Waals surface area contributed by atoms with Crippen LogP contribution in [-0.2, 0) is 13.0 Å². The van der Waals surface area contributed by atoms with Crippen LogP contribution < -0.4 is 10.9 Å². The van der Waals surface area contributed by atoms with Crippen LogP contribution in [0.2, 0.25) is 0 Å². The molecule has 1 aliphatic rings. The van der Waals surface area contributed by atoms with Crippen LogP contribution in [0.3, 0.4) is 0 Å². The van der Waals surface area contributed by atoms with Crippen molar-refractivity contribution in [1.29, 1.82) is 0 Å². The second-order valence-electron chi connectivity index (χ2n) is 7.36. The van der Waals surface area contributed by atoms with Crippen LogP contribution in [0.5, 0.6) is 0 Å². The van der Waals surface area contributed by atoms with Crippen molar-refractivity contribution in [3.8, 4) is 11.1 Å². The standard InChI is InChI=1S/C23H18F2N4O/c24-19-9-17(14-3-4-16-11-26-7-5-15(16)8-14)10-20(25)18(19)13-29-22(30)12-28-21-2-1-6-27-23(21)29/h3-5,7-12,27H,1-2,6,13H2. The molecule has 0 fully saturated rings. The highest BCUT2D eigenvalue weighted by atomic mass is 19.1. The van der Waals surface area contributed by atoms with Crippen LogP contribution in [0, 0.1) is 11.6 Å². The van der Waals surface area contributed by atoms with Crippen molar-refractivity contribution in [3.05, 3.63) is 88.2 Å². The predicted molar refractivity (Wildman–Crippen MR) is 112 cm³/mol. The molecule has 5 rings (SSSR count). The summed E-state index contributed by atoms with van der Waals surface area (Å²) < 4.78 is 31.3. The van der Waals surface area contributed by atoms with Crippen LogP contribution >= 0.6 is 0 Å². The molecule has 1 N–H and O–H groups in total. The number of hydrogen-bond donors (Lipinski definition) is 1. The third-order valence-corrected chi connectivity index (χ3v) is 5.45. The van der Waals surface area contributed by atoms with Crippen LogP contribution in [-0.4, -0.2) is 21.1 Å². The normalized spacial score (nSPS) is 13.1. The number of aryl methyl sites for hydroxylation is 1. The molecule has 0 saturated carbocycles. The lowest BCUT2D eigenvalue weighted by atomic mass is 10.00. The third-order valence-electron chi connectivity index (χ3n) is 5.45. The first kappa shape index (κ1) is 18.4. The Kier molecular flexibility index (Phi) is 4.50. The van der Waals surface area contributed by atoms with E-state index in [-0.39, 0.29) is 12.1 Å². The van der Waals surface area contributed by atoms with E-state index in [2.05, 4.69) is 15.3 Å². The van der Waals surface area contributed by atoms with Gasteiger partial charge >= 0.3 is 0 Å². The largest absolute Gasteiger partial charge is 0.370 e.